The second-order valence-corrected chi connectivity index (χ2v) is 6.70. The van der Waals surface area contributed by atoms with Crippen molar-refractivity contribution in [1.29, 1.82) is 0 Å². The zero-order valence-corrected chi connectivity index (χ0v) is 16.2. The SMILES string of the molecule is CCCCCCOc1ccc(C(=O)N/N=C/c2cccc3ccccc23)cc1. The number of amides is 1. The molecule has 0 saturated heterocycles. The Balaban J connectivity index is 1.54. The van der Waals surface area contributed by atoms with Gasteiger partial charge in [-0.2, -0.15) is 5.10 Å². The number of carbonyl (C=O) groups is 1. The van der Waals surface area contributed by atoms with Crippen molar-refractivity contribution < 1.29 is 9.53 Å². The average Bonchev–Trinajstić information content (AvgIpc) is 2.74. The molecule has 0 radical (unpaired) electrons. The van der Waals surface area contributed by atoms with Gasteiger partial charge >= 0.3 is 0 Å². The van der Waals surface area contributed by atoms with Crippen molar-refractivity contribution in [2.75, 3.05) is 6.61 Å². The minimum atomic E-state index is -0.244. The van der Waals surface area contributed by atoms with Gasteiger partial charge in [0.15, 0.2) is 0 Å². The highest BCUT2D eigenvalue weighted by Crippen LogP contribution is 2.17. The quantitative estimate of drug-likeness (QED) is 0.303. The van der Waals surface area contributed by atoms with Crippen LogP contribution in [0.15, 0.2) is 71.8 Å². The van der Waals surface area contributed by atoms with Crippen molar-refractivity contribution in [1.82, 2.24) is 5.43 Å². The Morgan fingerprint density at radius 3 is 2.57 bits per heavy atom. The molecule has 0 aliphatic carbocycles. The first-order valence-electron chi connectivity index (χ1n) is 9.82. The summed E-state index contributed by atoms with van der Waals surface area (Å²) in [6.07, 6.45) is 6.37. The van der Waals surface area contributed by atoms with Gasteiger partial charge in [0.2, 0.25) is 0 Å². The number of benzene rings is 3. The summed E-state index contributed by atoms with van der Waals surface area (Å²) in [6, 6.07) is 21.3. The minimum absolute atomic E-state index is 0.244. The fourth-order valence-electron chi connectivity index (χ4n) is 3.01. The van der Waals surface area contributed by atoms with E-state index < -0.39 is 0 Å². The summed E-state index contributed by atoms with van der Waals surface area (Å²) in [7, 11) is 0. The van der Waals surface area contributed by atoms with Gasteiger partial charge in [-0.15, -0.1) is 0 Å². The van der Waals surface area contributed by atoms with Gasteiger partial charge in [-0.3, -0.25) is 4.79 Å². The van der Waals surface area contributed by atoms with Crippen LogP contribution in [0.2, 0.25) is 0 Å². The molecule has 4 nitrogen and oxygen atoms in total. The summed E-state index contributed by atoms with van der Waals surface area (Å²) < 4.78 is 5.71. The maximum Gasteiger partial charge on any atom is 0.271 e. The Labute approximate surface area is 166 Å². The van der Waals surface area contributed by atoms with Crippen LogP contribution >= 0.6 is 0 Å². The molecule has 1 amide bonds. The molecule has 144 valence electrons. The Morgan fingerprint density at radius 2 is 1.75 bits per heavy atom. The van der Waals surface area contributed by atoms with Gasteiger partial charge in [0.05, 0.1) is 12.8 Å². The molecule has 0 heterocycles. The molecule has 0 aliphatic heterocycles. The molecule has 4 heteroatoms. The monoisotopic (exact) mass is 374 g/mol. The van der Waals surface area contributed by atoms with Gasteiger partial charge in [-0.25, -0.2) is 5.43 Å². The largest absolute Gasteiger partial charge is 0.494 e. The van der Waals surface area contributed by atoms with E-state index >= 15 is 0 Å². The van der Waals surface area contributed by atoms with E-state index in [1.807, 2.05) is 42.5 Å². The van der Waals surface area contributed by atoms with Crippen LogP contribution in [0.5, 0.6) is 5.75 Å². The fourth-order valence-corrected chi connectivity index (χ4v) is 3.01. The highest BCUT2D eigenvalue weighted by molar-refractivity contribution is 6.00. The van der Waals surface area contributed by atoms with E-state index in [0.717, 1.165) is 28.5 Å². The lowest BCUT2D eigenvalue weighted by molar-refractivity contribution is 0.0955. The Hall–Kier alpha value is -3.14. The maximum atomic E-state index is 12.3. The third kappa shape index (κ3) is 5.43. The molecular weight excluding hydrogens is 348 g/mol. The van der Waals surface area contributed by atoms with Crippen molar-refractivity contribution in [3.63, 3.8) is 0 Å². The normalized spacial score (nSPS) is 11.0. The van der Waals surface area contributed by atoms with Crippen molar-refractivity contribution in [3.8, 4) is 5.75 Å². The van der Waals surface area contributed by atoms with Crippen LogP contribution in [0, 0.1) is 0 Å². The Kier molecular flexibility index (Phi) is 7.19. The summed E-state index contributed by atoms with van der Waals surface area (Å²) in [5.41, 5.74) is 4.10. The third-order valence-electron chi connectivity index (χ3n) is 4.58. The average molecular weight is 374 g/mol. The van der Waals surface area contributed by atoms with Crippen molar-refractivity contribution in [3.05, 3.63) is 77.9 Å². The lowest BCUT2D eigenvalue weighted by atomic mass is 10.1. The predicted octanol–water partition coefficient (Wildman–Crippen LogP) is 5.56. The lowest BCUT2D eigenvalue weighted by Crippen LogP contribution is -2.17. The van der Waals surface area contributed by atoms with E-state index in [9.17, 15) is 4.79 Å². The zero-order chi connectivity index (χ0) is 19.6. The molecule has 0 spiro atoms. The first-order chi connectivity index (χ1) is 13.8. The number of hydrogen-bond donors (Lipinski definition) is 1. The topological polar surface area (TPSA) is 50.7 Å². The molecule has 0 unspecified atom stereocenters. The number of hydrazone groups is 1. The first-order valence-corrected chi connectivity index (χ1v) is 9.82. The molecule has 1 N–H and O–H groups in total. The number of ether oxygens (including phenoxy) is 1. The van der Waals surface area contributed by atoms with Gasteiger partial charge in [-0.05, 0) is 41.5 Å². The number of nitrogens with one attached hydrogen (secondary N) is 1. The van der Waals surface area contributed by atoms with Gasteiger partial charge < -0.3 is 4.74 Å². The molecule has 28 heavy (non-hydrogen) atoms. The molecule has 0 fully saturated rings. The molecule has 3 aromatic rings. The number of nitrogens with zero attached hydrogens (tertiary/aromatic N) is 1. The minimum Gasteiger partial charge on any atom is -0.494 e. The standard InChI is InChI=1S/C24H26N2O2/c1-2-3-4-7-17-28-22-15-13-20(14-16-22)24(27)26-25-18-21-11-8-10-19-9-5-6-12-23(19)21/h5-6,8-16,18H,2-4,7,17H2,1H3,(H,26,27)/b25-18+. The molecule has 0 atom stereocenters. The predicted molar refractivity (Wildman–Crippen MR) is 115 cm³/mol. The molecule has 3 aromatic carbocycles. The number of unbranched alkanes of at least 4 members (excludes halogenated alkanes) is 3. The molecule has 0 saturated carbocycles. The number of carbonyl (C=O) groups excluding carboxylic acids is 1. The molecule has 0 aromatic heterocycles. The van der Waals surface area contributed by atoms with Crippen LogP contribution in [-0.4, -0.2) is 18.7 Å². The van der Waals surface area contributed by atoms with E-state index in [0.29, 0.717) is 12.2 Å². The van der Waals surface area contributed by atoms with E-state index in [4.69, 9.17) is 4.74 Å². The summed E-state index contributed by atoms with van der Waals surface area (Å²) in [4.78, 5) is 12.3. The van der Waals surface area contributed by atoms with E-state index in [1.54, 1.807) is 18.3 Å². The second-order valence-electron chi connectivity index (χ2n) is 6.70. The van der Waals surface area contributed by atoms with Gasteiger partial charge in [0, 0.05) is 11.1 Å². The summed E-state index contributed by atoms with van der Waals surface area (Å²) in [5, 5.41) is 6.35. The maximum absolute atomic E-state index is 12.3. The summed E-state index contributed by atoms with van der Waals surface area (Å²) in [5.74, 6) is 0.540. The number of fused-ring (bicyclic) bond motifs is 1. The van der Waals surface area contributed by atoms with Gasteiger partial charge in [-0.1, -0.05) is 68.7 Å². The number of hydrogen-bond acceptors (Lipinski definition) is 3. The van der Waals surface area contributed by atoms with Crippen LogP contribution in [-0.2, 0) is 0 Å². The van der Waals surface area contributed by atoms with Gasteiger partial charge in [0.1, 0.15) is 5.75 Å². The van der Waals surface area contributed by atoms with E-state index in [2.05, 4.69) is 29.6 Å². The van der Waals surface area contributed by atoms with E-state index in [1.165, 1.54) is 19.3 Å². The Bertz CT molecular complexity index is 927. The van der Waals surface area contributed by atoms with E-state index in [-0.39, 0.29) is 5.91 Å². The Morgan fingerprint density at radius 1 is 0.964 bits per heavy atom. The highest BCUT2D eigenvalue weighted by Gasteiger charge is 2.05. The zero-order valence-electron chi connectivity index (χ0n) is 16.2. The smallest absolute Gasteiger partial charge is 0.271 e. The third-order valence-corrected chi connectivity index (χ3v) is 4.58. The van der Waals surface area contributed by atoms with Crippen LogP contribution in [0.4, 0.5) is 0 Å². The van der Waals surface area contributed by atoms with Crippen molar-refractivity contribution in [2.24, 2.45) is 5.10 Å². The van der Waals surface area contributed by atoms with Crippen LogP contribution in [0.25, 0.3) is 10.8 Å². The molecule has 3 rings (SSSR count). The second kappa shape index (κ2) is 10.3. The van der Waals surface area contributed by atoms with Crippen LogP contribution < -0.4 is 10.2 Å². The van der Waals surface area contributed by atoms with Crippen molar-refractivity contribution >= 4 is 22.9 Å². The first kappa shape index (κ1) is 19.6. The van der Waals surface area contributed by atoms with Gasteiger partial charge in [0.25, 0.3) is 5.91 Å². The van der Waals surface area contributed by atoms with Crippen LogP contribution in [0.3, 0.4) is 0 Å². The molecule has 0 bridgehead atoms. The van der Waals surface area contributed by atoms with Crippen LogP contribution in [0.1, 0.15) is 48.5 Å². The highest BCUT2D eigenvalue weighted by atomic mass is 16.5. The fraction of sp³-hybridized carbons (Fsp3) is 0.250. The summed E-state index contributed by atoms with van der Waals surface area (Å²) in [6.45, 7) is 2.90. The number of rotatable bonds is 9. The van der Waals surface area contributed by atoms with Crippen molar-refractivity contribution in [2.45, 2.75) is 32.6 Å². The summed E-state index contributed by atoms with van der Waals surface area (Å²) >= 11 is 0. The molecular formula is C24H26N2O2. The molecule has 0 aliphatic rings. The lowest BCUT2D eigenvalue weighted by Gasteiger charge is -2.06.